The molecule has 0 radical (unpaired) electrons. The van der Waals surface area contributed by atoms with Crippen molar-refractivity contribution < 1.29 is 0 Å². The molecule has 0 bridgehead atoms. The molecule has 0 spiro atoms. The molecule has 2 aromatic heterocycles. The summed E-state index contributed by atoms with van der Waals surface area (Å²) in [4.78, 5) is 12.2. The Kier molecular flexibility index (Phi) is 7.73. The molecule has 0 N–H and O–H groups in total. The Labute approximate surface area is 326 Å². The van der Waals surface area contributed by atoms with E-state index >= 15 is 0 Å². The Balaban J connectivity index is 1.01. The van der Waals surface area contributed by atoms with Gasteiger partial charge in [-0.25, -0.2) is 0 Å². The van der Waals surface area contributed by atoms with Crippen molar-refractivity contribution in [1.29, 1.82) is 0 Å². The van der Waals surface area contributed by atoms with Crippen molar-refractivity contribution in [2.45, 2.75) is 24.8 Å². The highest BCUT2D eigenvalue weighted by Gasteiger charge is 2.29. The molecule has 0 saturated carbocycles. The summed E-state index contributed by atoms with van der Waals surface area (Å²) in [6.07, 6.45) is 14.9. The molecular formula is C52H38N4. The van der Waals surface area contributed by atoms with Gasteiger partial charge < -0.3 is 9.47 Å². The van der Waals surface area contributed by atoms with Gasteiger partial charge in [-0.15, -0.1) is 0 Å². The minimum absolute atomic E-state index is 0.128. The molecule has 2 aliphatic rings. The lowest BCUT2D eigenvalue weighted by Crippen LogP contribution is -2.18. The SMILES string of the molecule is C1=CC(c2ccc(-c3ccccc3)cc2)Cc2c3c(c4nccnc4c21)C=CC(n1c2ccccc2c2cc(N(c4ccccc4)c4ccccc4)ccc21)C3. The second-order valence-electron chi connectivity index (χ2n) is 14.9. The van der Waals surface area contributed by atoms with E-state index in [0.29, 0.717) is 0 Å². The van der Waals surface area contributed by atoms with Crippen LogP contribution in [0.25, 0.3) is 56.1 Å². The van der Waals surface area contributed by atoms with Gasteiger partial charge in [0.1, 0.15) is 0 Å². The largest absolute Gasteiger partial charge is 0.333 e. The molecule has 4 heteroatoms. The van der Waals surface area contributed by atoms with Crippen LogP contribution < -0.4 is 4.90 Å². The lowest BCUT2D eigenvalue weighted by Gasteiger charge is -2.30. The van der Waals surface area contributed by atoms with Crippen LogP contribution in [0.2, 0.25) is 0 Å². The number of para-hydroxylation sites is 3. The first-order chi connectivity index (χ1) is 27.8. The Morgan fingerprint density at radius 1 is 0.482 bits per heavy atom. The molecule has 2 atom stereocenters. The van der Waals surface area contributed by atoms with Crippen molar-refractivity contribution >= 4 is 62.1 Å². The van der Waals surface area contributed by atoms with Crippen LogP contribution in [0.1, 0.15) is 39.8 Å². The molecule has 2 unspecified atom stereocenters. The summed E-state index contributed by atoms with van der Waals surface area (Å²) in [5.74, 6) is 0.277. The highest BCUT2D eigenvalue weighted by Crippen LogP contribution is 2.44. The average Bonchev–Trinajstić information content (AvgIpc) is 3.61. The van der Waals surface area contributed by atoms with Gasteiger partial charge in [-0.3, -0.25) is 9.97 Å². The Bertz CT molecular complexity index is 2920. The number of fused-ring (bicyclic) bond motifs is 9. The highest BCUT2D eigenvalue weighted by atomic mass is 15.1. The maximum absolute atomic E-state index is 4.92. The molecule has 2 aliphatic carbocycles. The Morgan fingerprint density at radius 3 is 1.75 bits per heavy atom. The first-order valence-corrected chi connectivity index (χ1v) is 19.5. The van der Waals surface area contributed by atoms with E-state index in [1.165, 1.54) is 60.8 Å². The van der Waals surface area contributed by atoms with Gasteiger partial charge in [0.25, 0.3) is 0 Å². The third kappa shape index (κ3) is 5.37. The normalized spacial score (nSPS) is 15.9. The van der Waals surface area contributed by atoms with Crippen LogP contribution in [0.3, 0.4) is 0 Å². The van der Waals surface area contributed by atoms with Crippen LogP contribution >= 0.6 is 0 Å². The molecule has 56 heavy (non-hydrogen) atoms. The highest BCUT2D eigenvalue weighted by molar-refractivity contribution is 6.10. The Morgan fingerprint density at radius 2 is 1.05 bits per heavy atom. The molecular weight excluding hydrogens is 681 g/mol. The van der Waals surface area contributed by atoms with Crippen molar-refractivity contribution in [2.24, 2.45) is 0 Å². The fourth-order valence-electron chi connectivity index (χ4n) is 9.20. The van der Waals surface area contributed by atoms with Crippen LogP contribution in [0.4, 0.5) is 17.1 Å². The lowest BCUT2D eigenvalue weighted by atomic mass is 9.78. The summed E-state index contributed by atoms with van der Waals surface area (Å²) in [6, 6.07) is 57.1. The number of allylic oxidation sites excluding steroid dienone is 2. The predicted octanol–water partition coefficient (Wildman–Crippen LogP) is 13.0. The van der Waals surface area contributed by atoms with E-state index < -0.39 is 0 Å². The van der Waals surface area contributed by atoms with Crippen molar-refractivity contribution in [3.63, 3.8) is 0 Å². The topological polar surface area (TPSA) is 34.0 Å². The van der Waals surface area contributed by atoms with Crippen LogP contribution in [0.15, 0.2) is 182 Å². The number of anilines is 3. The predicted molar refractivity (Wildman–Crippen MR) is 233 cm³/mol. The summed E-state index contributed by atoms with van der Waals surface area (Å²) in [7, 11) is 0. The summed E-state index contributed by atoms with van der Waals surface area (Å²) in [5, 5.41) is 2.51. The smallest absolute Gasteiger partial charge is 0.0968 e. The van der Waals surface area contributed by atoms with E-state index in [9.17, 15) is 0 Å². The molecule has 7 aromatic carbocycles. The van der Waals surface area contributed by atoms with Crippen LogP contribution in [-0.2, 0) is 12.8 Å². The van der Waals surface area contributed by atoms with E-state index in [4.69, 9.17) is 9.97 Å². The average molecular weight is 719 g/mol. The summed E-state index contributed by atoms with van der Waals surface area (Å²) >= 11 is 0. The molecule has 0 fully saturated rings. The fraction of sp³-hybridized carbons (Fsp3) is 0.0769. The van der Waals surface area contributed by atoms with Gasteiger partial charge >= 0.3 is 0 Å². The maximum atomic E-state index is 4.92. The van der Waals surface area contributed by atoms with Crippen molar-refractivity contribution in [1.82, 2.24) is 14.5 Å². The summed E-state index contributed by atoms with van der Waals surface area (Å²) in [6.45, 7) is 0. The van der Waals surface area contributed by atoms with Crippen molar-refractivity contribution in [3.05, 3.63) is 210 Å². The zero-order chi connectivity index (χ0) is 37.0. The third-order valence-corrected chi connectivity index (χ3v) is 11.8. The number of rotatable bonds is 6. The molecule has 2 heterocycles. The molecule has 4 nitrogen and oxygen atoms in total. The number of aromatic nitrogens is 3. The van der Waals surface area contributed by atoms with E-state index in [1.54, 1.807) is 0 Å². The van der Waals surface area contributed by atoms with E-state index in [0.717, 1.165) is 40.9 Å². The molecule has 266 valence electrons. The van der Waals surface area contributed by atoms with E-state index in [2.05, 4.69) is 191 Å². The minimum Gasteiger partial charge on any atom is -0.333 e. The molecule has 0 amide bonds. The van der Waals surface area contributed by atoms with Gasteiger partial charge in [-0.2, -0.15) is 0 Å². The van der Waals surface area contributed by atoms with Crippen LogP contribution in [0.5, 0.6) is 0 Å². The maximum Gasteiger partial charge on any atom is 0.0968 e. The van der Waals surface area contributed by atoms with Gasteiger partial charge in [-0.1, -0.05) is 133 Å². The number of benzene rings is 7. The standard InChI is InChI=1S/C52H38N4/c1-4-12-35(13-5-1)36-20-22-37(23-21-36)38-24-27-44-46(32-38)47-33-42(25-28-45(47)52-51(44)53-30-31-54-52)56-49-19-11-10-18-43(49)48-34-41(26-29-50(48)56)55(39-14-6-2-7-15-39)40-16-8-3-9-17-40/h1-31,34,38,42H,32-33H2. The summed E-state index contributed by atoms with van der Waals surface area (Å²) in [5.41, 5.74) is 16.9. The van der Waals surface area contributed by atoms with Crippen molar-refractivity contribution in [3.8, 4) is 11.1 Å². The Hall–Kier alpha value is -7.04. The zero-order valence-electron chi connectivity index (χ0n) is 30.8. The first-order valence-electron chi connectivity index (χ1n) is 19.5. The van der Waals surface area contributed by atoms with E-state index in [1.807, 2.05) is 12.4 Å². The molecule has 9 aromatic rings. The third-order valence-electron chi connectivity index (χ3n) is 11.8. The van der Waals surface area contributed by atoms with Gasteiger partial charge in [0.05, 0.1) is 17.1 Å². The minimum atomic E-state index is 0.128. The quantitative estimate of drug-likeness (QED) is 0.172. The zero-order valence-corrected chi connectivity index (χ0v) is 30.8. The van der Waals surface area contributed by atoms with Gasteiger partial charge in [0.15, 0.2) is 0 Å². The van der Waals surface area contributed by atoms with E-state index in [-0.39, 0.29) is 12.0 Å². The molecule has 11 rings (SSSR count). The molecule has 0 aliphatic heterocycles. The lowest BCUT2D eigenvalue weighted by molar-refractivity contribution is 0.629. The van der Waals surface area contributed by atoms with Crippen LogP contribution in [-0.4, -0.2) is 14.5 Å². The van der Waals surface area contributed by atoms with Gasteiger partial charge in [-0.05, 0) is 89.2 Å². The second kappa shape index (κ2) is 13.4. The number of nitrogens with zero attached hydrogens (tertiary/aromatic N) is 4. The van der Waals surface area contributed by atoms with Crippen molar-refractivity contribution in [2.75, 3.05) is 4.90 Å². The number of hydrogen-bond donors (Lipinski definition) is 0. The first kappa shape index (κ1) is 32.4. The number of hydrogen-bond acceptors (Lipinski definition) is 3. The second-order valence-corrected chi connectivity index (χ2v) is 14.9. The monoisotopic (exact) mass is 718 g/mol. The molecule has 0 saturated heterocycles. The van der Waals surface area contributed by atoms with Gasteiger partial charge in [0.2, 0.25) is 0 Å². The fourth-order valence-corrected chi connectivity index (χ4v) is 9.20. The van der Waals surface area contributed by atoms with Crippen LogP contribution in [0, 0.1) is 0 Å². The van der Waals surface area contributed by atoms with Gasteiger partial charge in [0, 0.05) is 68.3 Å². The summed E-state index contributed by atoms with van der Waals surface area (Å²) < 4.78 is 2.56.